The monoisotopic (exact) mass is 187 g/mol. The van der Waals surface area contributed by atoms with E-state index in [-0.39, 0.29) is 5.91 Å². The predicted molar refractivity (Wildman–Crippen MR) is 53.1 cm³/mol. The smallest absolute Gasteiger partial charge is 0.243 e. The lowest BCUT2D eigenvalue weighted by atomic mass is 10.2. The number of carbonyl (C=O) groups is 1. The van der Waals surface area contributed by atoms with E-state index >= 15 is 0 Å². The number of hydroxylamine groups is 1. The number of unbranched alkanes of at least 4 members (excludes halogenated alkanes) is 3. The van der Waals surface area contributed by atoms with E-state index in [0.717, 1.165) is 32.1 Å². The highest BCUT2D eigenvalue weighted by Crippen LogP contribution is 1.98. The van der Waals surface area contributed by atoms with Gasteiger partial charge in [-0.2, -0.15) is 0 Å². The molecular weight excluding hydrogens is 166 g/mol. The molecule has 78 valence electrons. The van der Waals surface area contributed by atoms with Crippen molar-refractivity contribution >= 4 is 5.91 Å². The standard InChI is InChI=1S/C10H21NO2/c1-3-5-7-8-10(12)11-13-9-6-4-2/h3-9H2,1-2H3,(H,11,12). The number of carbonyl (C=O) groups excluding carboxylic acids is 1. The van der Waals surface area contributed by atoms with Crippen LogP contribution in [0.25, 0.3) is 0 Å². The van der Waals surface area contributed by atoms with Crippen LogP contribution in [0.2, 0.25) is 0 Å². The molecule has 0 aromatic rings. The molecule has 0 saturated heterocycles. The molecule has 0 aliphatic carbocycles. The van der Waals surface area contributed by atoms with Crippen molar-refractivity contribution in [3.8, 4) is 0 Å². The van der Waals surface area contributed by atoms with Gasteiger partial charge in [0.2, 0.25) is 5.91 Å². The van der Waals surface area contributed by atoms with Crippen molar-refractivity contribution in [3.63, 3.8) is 0 Å². The van der Waals surface area contributed by atoms with Crippen LogP contribution in [0.3, 0.4) is 0 Å². The van der Waals surface area contributed by atoms with Gasteiger partial charge in [-0.15, -0.1) is 0 Å². The average molecular weight is 187 g/mol. The van der Waals surface area contributed by atoms with Crippen molar-refractivity contribution in [2.75, 3.05) is 6.61 Å². The summed E-state index contributed by atoms with van der Waals surface area (Å²) in [7, 11) is 0. The molecule has 0 aromatic heterocycles. The van der Waals surface area contributed by atoms with E-state index in [1.54, 1.807) is 0 Å². The van der Waals surface area contributed by atoms with Gasteiger partial charge in [0, 0.05) is 6.42 Å². The minimum atomic E-state index is 0.00422. The van der Waals surface area contributed by atoms with E-state index in [0.29, 0.717) is 13.0 Å². The van der Waals surface area contributed by atoms with Crippen LogP contribution in [-0.4, -0.2) is 12.5 Å². The molecule has 0 radical (unpaired) electrons. The molecule has 3 nitrogen and oxygen atoms in total. The molecule has 0 heterocycles. The van der Waals surface area contributed by atoms with Gasteiger partial charge in [0.1, 0.15) is 0 Å². The molecule has 13 heavy (non-hydrogen) atoms. The van der Waals surface area contributed by atoms with Crippen LogP contribution in [0.1, 0.15) is 52.4 Å². The Hall–Kier alpha value is -0.570. The van der Waals surface area contributed by atoms with E-state index in [4.69, 9.17) is 4.84 Å². The molecule has 1 N–H and O–H groups in total. The zero-order valence-electron chi connectivity index (χ0n) is 8.77. The number of hydrogen-bond acceptors (Lipinski definition) is 2. The molecule has 0 rings (SSSR count). The molecule has 0 aromatic carbocycles. The second kappa shape index (κ2) is 9.52. The minimum Gasteiger partial charge on any atom is -0.274 e. The fourth-order valence-electron chi connectivity index (χ4n) is 0.935. The maximum absolute atomic E-state index is 11.0. The molecule has 0 aliphatic heterocycles. The van der Waals surface area contributed by atoms with Crippen LogP contribution in [-0.2, 0) is 9.63 Å². The fraction of sp³-hybridized carbons (Fsp3) is 0.900. The Labute approximate surface area is 80.8 Å². The molecule has 0 aliphatic rings. The molecule has 3 heteroatoms. The highest BCUT2D eigenvalue weighted by Gasteiger charge is 1.99. The number of rotatable bonds is 8. The van der Waals surface area contributed by atoms with E-state index in [1.807, 2.05) is 0 Å². The van der Waals surface area contributed by atoms with Gasteiger partial charge in [0.15, 0.2) is 0 Å². The Balaban J connectivity index is 3.11. The van der Waals surface area contributed by atoms with Crippen molar-refractivity contribution in [3.05, 3.63) is 0 Å². The van der Waals surface area contributed by atoms with Crippen LogP contribution in [0.4, 0.5) is 0 Å². The number of nitrogens with one attached hydrogen (secondary N) is 1. The fourth-order valence-corrected chi connectivity index (χ4v) is 0.935. The Morgan fingerprint density at radius 1 is 1.15 bits per heavy atom. The lowest BCUT2D eigenvalue weighted by molar-refractivity contribution is -0.133. The Kier molecular flexibility index (Phi) is 9.10. The molecule has 0 unspecified atom stereocenters. The van der Waals surface area contributed by atoms with Crippen molar-refractivity contribution in [2.24, 2.45) is 0 Å². The summed E-state index contributed by atoms with van der Waals surface area (Å²) in [5.41, 5.74) is 2.44. The third-order valence-corrected chi connectivity index (χ3v) is 1.79. The summed E-state index contributed by atoms with van der Waals surface area (Å²) in [5, 5.41) is 0. The maximum atomic E-state index is 11.0. The van der Waals surface area contributed by atoms with E-state index < -0.39 is 0 Å². The average Bonchev–Trinajstić information content (AvgIpc) is 2.13. The highest BCUT2D eigenvalue weighted by atomic mass is 16.6. The van der Waals surface area contributed by atoms with Gasteiger partial charge in [0.05, 0.1) is 6.61 Å². The Bertz CT molecular complexity index is 126. The molecule has 0 saturated carbocycles. The summed E-state index contributed by atoms with van der Waals surface area (Å²) in [6, 6.07) is 0. The minimum absolute atomic E-state index is 0.00422. The number of amides is 1. The molecule has 0 fully saturated rings. The first-order valence-electron chi connectivity index (χ1n) is 5.21. The summed E-state index contributed by atoms with van der Waals surface area (Å²) in [6.07, 6.45) is 5.88. The van der Waals surface area contributed by atoms with Gasteiger partial charge in [-0.1, -0.05) is 33.1 Å². The predicted octanol–water partition coefficient (Wildman–Crippen LogP) is 2.41. The first-order chi connectivity index (χ1) is 6.31. The van der Waals surface area contributed by atoms with Crippen LogP contribution in [0.5, 0.6) is 0 Å². The molecule has 0 bridgehead atoms. The van der Waals surface area contributed by atoms with E-state index in [2.05, 4.69) is 19.3 Å². The SMILES string of the molecule is CCCCCC(=O)NOCCCC. The normalized spacial score (nSPS) is 10.0. The van der Waals surface area contributed by atoms with Crippen LogP contribution in [0, 0.1) is 0 Å². The summed E-state index contributed by atoms with van der Waals surface area (Å²) in [6.45, 7) is 4.83. The topological polar surface area (TPSA) is 38.3 Å². The molecular formula is C10H21NO2. The Morgan fingerprint density at radius 2 is 1.85 bits per heavy atom. The van der Waals surface area contributed by atoms with E-state index in [9.17, 15) is 4.79 Å². The summed E-state index contributed by atoms with van der Waals surface area (Å²) >= 11 is 0. The highest BCUT2D eigenvalue weighted by molar-refractivity contribution is 5.74. The van der Waals surface area contributed by atoms with E-state index in [1.165, 1.54) is 0 Å². The van der Waals surface area contributed by atoms with Crippen molar-refractivity contribution < 1.29 is 9.63 Å². The van der Waals surface area contributed by atoms with Crippen molar-refractivity contribution in [2.45, 2.75) is 52.4 Å². The van der Waals surface area contributed by atoms with Crippen LogP contribution >= 0.6 is 0 Å². The molecule has 0 atom stereocenters. The quantitative estimate of drug-likeness (QED) is 0.468. The lowest BCUT2D eigenvalue weighted by Crippen LogP contribution is -2.23. The molecule has 1 amide bonds. The third-order valence-electron chi connectivity index (χ3n) is 1.79. The number of hydrogen-bond donors (Lipinski definition) is 1. The van der Waals surface area contributed by atoms with Gasteiger partial charge in [-0.05, 0) is 12.8 Å². The van der Waals surface area contributed by atoms with Gasteiger partial charge >= 0.3 is 0 Å². The first-order valence-corrected chi connectivity index (χ1v) is 5.21. The molecule has 0 spiro atoms. The summed E-state index contributed by atoms with van der Waals surface area (Å²) < 4.78 is 0. The van der Waals surface area contributed by atoms with Crippen molar-refractivity contribution in [1.29, 1.82) is 0 Å². The summed E-state index contributed by atoms with van der Waals surface area (Å²) in [5.74, 6) is 0.00422. The second-order valence-electron chi connectivity index (χ2n) is 3.18. The maximum Gasteiger partial charge on any atom is 0.243 e. The zero-order valence-corrected chi connectivity index (χ0v) is 8.77. The Morgan fingerprint density at radius 3 is 2.46 bits per heavy atom. The van der Waals surface area contributed by atoms with Crippen LogP contribution in [0.15, 0.2) is 0 Å². The van der Waals surface area contributed by atoms with Gasteiger partial charge < -0.3 is 0 Å². The van der Waals surface area contributed by atoms with Crippen molar-refractivity contribution in [1.82, 2.24) is 5.48 Å². The summed E-state index contributed by atoms with van der Waals surface area (Å²) in [4.78, 5) is 16.0. The third kappa shape index (κ3) is 9.34. The lowest BCUT2D eigenvalue weighted by Gasteiger charge is -2.04. The second-order valence-corrected chi connectivity index (χ2v) is 3.18. The van der Waals surface area contributed by atoms with Gasteiger partial charge in [-0.25, -0.2) is 5.48 Å². The van der Waals surface area contributed by atoms with Gasteiger partial charge in [-0.3, -0.25) is 9.63 Å². The first kappa shape index (κ1) is 12.4. The van der Waals surface area contributed by atoms with Crippen LogP contribution < -0.4 is 5.48 Å². The zero-order chi connectivity index (χ0) is 9.94. The largest absolute Gasteiger partial charge is 0.274 e. The van der Waals surface area contributed by atoms with Gasteiger partial charge in [0.25, 0.3) is 0 Å².